The average Bonchev–Trinajstić information content (AvgIpc) is 3.47. The summed E-state index contributed by atoms with van der Waals surface area (Å²) < 4.78 is 0. The lowest BCUT2D eigenvalue weighted by atomic mass is 10.0. The summed E-state index contributed by atoms with van der Waals surface area (Å²) in [7, 11) is 2.11. The molecule has 2 aromatic rings. The van der Waals surface area contributed by atoms with Gasteiger partial charge >= 0.3 is 0 Å². The zero-order valence-electron chi connectivity index (χ0n) is 16.5. The number of aromatic nitrogens is 1. The molecule has 2 fully saturated rings. The quantitative estimate of drug-likeness (QED) is 0.746. The maximum absolute atomic E-state index is 12.3. The van der Waals surface area contributed by atoms with E-state index in [4.69, 9.17) is 0 Å². The number of amides is 1. The second-order valence-corrected chi connectivity index (χ2v) is 7.37. The van der Waals surface area contributed by atoms with Crippen molar-refractivity contribution < 1.29 is 4.79 Å². The molecule has 8 heteroatoms. The molecule has 1 aliphatic heterocycles. The Balaban J connectivity index is 0.00000140. The van der Waals surface area contributed by atoms with Crippen LogP contribution in [0.2, 0.25) is 0 Å². The molecular weight excluding hydrogens is 431 g/mol. The first-order valence-corrected chi connectivity index (χ1v) is 9.41. The Bertz CT molecular complexity index is 752. The number of likely N-dealkylation sites (N-methyl/N-ethyl adjacent to an activating group) is 1. The minimum absolute atomic E-state index is 0. The van der Waals surface area contributed by atoms with Gasteiger partial charge in [-0.1, -0.05) is 24.3 Å². The highest BCUT2D eigenvalue weighted by Gasteiger charge is 2.38. The second-order valence-electron chi connectivity index (χ2n) is 7.37. The van der Waals surface area contributed by atoms with Gasteiger partial charge in [-0.15, -0.1) is 37.2 Å². The van der Waals surface area contributed by atoms with Gasteiger partial charge < -0.3 is 15.1 Å². The van der Waals surface area contributed by atoms with Crippen LogP contribution in [-0.2, 0) is 4.79 Å². The molecule has 2 unspecified atom stereocenters. The lowest BCUT2D eigenvalue weighted by Crippen LogP contribution is -2.49. The summed E-state index contributed by atoms with van der Waals surface area (Å²) in [5.74, 6) is 0.763. The predicted molar refractivity (Wildman–Crippen MR) is 125 cm³/mol. The number of nitrogens with one attached hydrogen (secondary N) is 1. The first-order valence-electron chi connectivity index (χ1n) is 9.41. The molecule has 2 heterocycles. The highest BCUT2D eigenvalue weighted by Crippen LogP contribution is 2.41. The SMILES string of the molecule is CN1CCN(C(=O)CNC2CC2c2ccc(-c3ccncc3)cc2)CC1.Cl.Cl.Cl. The van der Waals surface area contributed by atoms with Crippen LogP contribution in [0.3, 0.4) is 0 Å². The van der Waals surface area contributed by atoms with Gasteiger partial charge in [-0.2, -0.15) is 0 Å². The zero-order chi connectivity index (χ0) is 17.9. The maximum Gasteiger partial charge on any atom is 0.236 e. The summed E-state index contributed by atoms with van der Waals surface area (Å²) in [6.07, 6.45) is 4.76. The minimum atomic E-state index is 0. The number of piperazine rings is 1. The van der Waals surface area contributed by atoms with Crippen molar-refractivity contribution in [3.05, 3.63) is 54.4 Å². The monoisotopic (exact) mass is 458 g/mol. The third kappa shape index (κ3) is 6.56. The fourth-order valence-electron chi connectivity index (χ4n) is 3.64. The molecule has 1 aliphatic carbocycles. The lowest BCUT2D eigenvalue weighted by Gasteiger charge is -2.32. The van der Waals surface area contributed by atoms with Crippen molar-refractivity contribution in [2.24, 2.45) is 0 Å². The smallest absolute Gasteiger partial charge is 0.236 e. The molecule has 0 spiro atoms. The van der Waals surface area contributed by atoms with Crippen molar-refractivity contribution in [3.8, 4) is 11.1 Å². The molecule has 0 radical (unpaired) electrons. The molecule has 160 valence electrons. The summed E-state index contributed by atoms with van der Waals surface area (Å²) in [6, 6.07) is 13.3. The third-order valence-electron chi connectivity index (χ3n) is 5.51. The largest absolute Gasteiger partial charge is 0.339 e. The number of carbonyl (C=O) groups is 1. The molecule has 0 bridgehead atoms. The van der Waals surface area contributed by atoms with Crippen LogP contribution in [0.25, 0.3) is 11.1 Å². The van der Waals surface area contributed by atoms with Crippen LogP contribution in [0.5, 0.6) is 0 Å². The average molecular weight is 460 g/mol. The number of rotatable bonds is 5. The number of halogens is 3. The predicted octanol–water partition coefficient (Wildman–Crippen LogP) is 3.23. The summed E-state index contributed by atoms with van der Waals surface area (Å²) in [4.78, 5) is 20.6. The molecule has 1 saturated carbocycles. The molecule has 2 aliphatic rings. The van der Waals surface area contributed by atoms with E-state index in [1.54, 1.807) is 0 Å². The van der Waals surface area contributed by atoms with E-state index in [1.165, 1.54) is 16.7 Å². The van der Waals surface area contributed by atoms with Gasteiger partial charge in [0.05, 0.1) is 6.54 Å². The van der Waals surface area contributed by atoms with E-state index in [2.05, 4.69) is 46.5 Å². The van der Waals surface area contributed by atoms with Crippen LogP contribution in [0.1, 0.15) is 17.9 Å². The highest BCUT2D eigenvalue weighted by molar-refractivity contribution is 5.86. The van der Waals surface area contributed by atoms with Crippen LogP contribution in [0.4, 0.5) is 0 Å². The number of hydrogen-bond acceptors (Lipinski definition) is 4. The Morgan fingerprint density at radius 2 is 1.55 bits per heavy atom. The van der Waals surface area contributed by atoms with Crippen LogP contribution in [-0.4, -0.2) is 66.5 Å². The van der Waals surface area contributed by atoms with E-state index in [9.17, 15) is 4.79 Å². The van der Waals surface area contributed by atoms with E-state index >= 15 is 0 Å². The Labute approximate surface area is 191 Å². The third-order valence-corrected chi connectivity index (χ3v) is 5.51. The van der Waals surface area contributed by atoms with Crippen molar-refractivity contribution in [2.45, 2.75) is 18.4 Å². The summed E-state index contributed by atoms with van der Waals surface area (Å²) in [5, 5.41) is 3.45. The first-order chi connectivity index (χ1) is 12.7. The van der Waals surface area contributed by atoms with Crippen LogP contribution in [0, 0.1) is 0 Å². The molecule has 2 atom stereocenters. The number of pyridine rings is 1. The summed E-state index contributed by atoms with van der Waals surface area (Å²) >= 11 is 0. The highest BCUT2D eigenvalue weighted by atomic mass is 35.5. The van der Waals surface area contributed by atoms with E-state index in [0.29, 0.717) is 18.5 Å². The number of nitrogens with zero attached hydrogens (tertiary/aromatic N) is 3. The Morgan fingerprint density at radius 1 is 0.966 bits per heavy atom. The van der Waals surface area contributed by atoms with Crippen LogP contribution >= 0.6 is 37.2 Å². The van der Waals surface area contributed by atoms with Crippen molar-refractivity contribution in [1.82, 2.24) is 20.1 Å². The van der Waals surface area contributed by atoms with Gasteiger partial charge in [0.25, 0.3) is 0 Å². The normalized spacial score (nSPS) is 20.7. The maximum atomic E-state index is 12.3. The molecule has 29 heavy (non-hydrogen) atoms. The van der Waals surface area contributed by atoms with E-state index < -0.39 is 0 Å². The van der Waals surface area contributed by atoms with E-state index in [0.717, 1.165) is 32.6 Å². The van der Waals surface area contributed by atoms with E-state index in [-0.39, 0.29) is 43.1 Å². The molecule has 5 nitrogen and oxygen atoms in total. The summed E-state index contributed by atoms with van der Waals surface area (Å²) in [5.41, 5.74) is 3.76. The van der Waals surface area contributed by atoms with Gasteiger partial charge in [0, 0.05) is 50.5 Å². The molecule has 4 rings (SSSR count). The standard InChI is InChI=1S/C21H26N4O.3ClH/c1-24-10-12-25(13-11-24)21(26)15-23-20-14-19(20)18-4-2-16(3-5-18)17-6-8-22-9-7-17;;;/h2-9,19-20,23H,10-15H2,1H3;3*1H. The van der Waals surface area contributed by atoms with Gasteiger partial charge in [-0.3, -0.25) is 9.78 Å². The van der Waals surface area contributed by atoms with Gasteiger partial charge in [-0.05, 0) is 42.3 Å². The van der Waals surface area contributed by atoms with Crippen molar-refractivity contribution in [2.75, 3.05) is 39.8 Å². The molecule has 1 amide bonds. The van der Waals surface area contributed by atoms with Gasteiger partial charge in [0.2, 0.25) is 5.91 Å². The Morgan fingerprint density at radius 3 is 2.17 bits per heavy atom. The number of benzene rings is 1. The van der Waals surface area contributed by atoms with Crippen molar-refractivity contribution >= 4 is 43.1 Å². The van der Waals surface area contributed by atoms with E-state index in [1.807, 2.05) is 29.4 Å². The van der Waals surface area contributed by atoms with Gasteiger partial charge in [0.15, 0.2) is 0 Å². The lowest BCUT2D eigenvalue weighted by molar-refractivity contribution is -0.131. The fraction of sp³-hybridized carbons (Fsp3) is 0.429. The Kier molecular flexibility index (Phi) is 10.4. The van der Waals surface area contributed by atoms with Crippen molar-refractivity contribution in [3.63, 3.8) is 0 Å². The molecular formula is C21H29Cl3N4O. The molecule has 1 N–H and O–H groups in total. The Hall–Kier alpha value is -1.37. The topological polar surface area (TPSA) is 48.5 Å². The molecule has 1 aromatic carbocycles. The molecule has 1 aromatic heterocycles. The summed E-state index contributed by atoms with van der Waals surface area (Å²) in [6.45, 7) is 4.10. The fourth-order valence-corrected chi connectivity index (χ4v) is 3.64. The minimum Gasteiger partial charge on any atom is -0.339 e. The number of hydrogen-bond donors (Lipinski definition) is 1. The van der Waals surface area contributed by atoms with Gasteiger partial charge in [-0.25, -0.2) is 0 Å². The van der Waals surface area contributed by atoms with Crippen LogP contribution in [0.15, 0.2) is 48.8 Å². The van der Waals surface area contributed by atoms with Gasteiger partial charge in [0.1, 0.15) is 0 Å². The second kappa shape index (κ2) is 11.7. The van der Waals surface area contributed by atoms with Crippen LogP contribution < -0.4 is 5.32 Å². The van der Waals surface area contributed by atoms with Crippen molar-refractivity contribution in [1.29, 1.82) is 0 Å². The zero-order valence-corrected chi connectivity index (χ0v) is 18.9. The number of carbonyl (C=O) groups excluding carboxylic acids is 1. The first kappa shape index (κ1) is 25.7. The molecule has 1 saturated heterocycles.